The van der Waals surface area contributed by atoms with Crippen molar-refractivity contribution in [2.24, 2.45) is 5.41 Å². The van der Waals surface area contributed by atoms with E-state index in [2.05, 4.69) is 0 Å². The third-order valence-corrected chi connectivity index (χ3v) is 4.45. The van der Waals surface area contributed by atoms with Gasteiger partial charge in [0.05, 0.1) is 13.2 Å². The van der Waals surface area contributed by atoms with Crippen molar-refractivity contribution in [1.82, 2.24) is 0 Å². The molecule has 1 aromatic rings. The molecule has 0 saturated heterocycles. The first-order chi connectivity index (χ1) is 12.2. The van der Waals surface area contributed by atoms with Crippen LogP contribution in [0.5, 0.6) is 0 Å². The van der Waals surface area contributed by atoms with Crippen LogP contribution in [0.25, 0.3) is 0 Å². The van der Waals surface area contributed by atoms with Crippen molar-refractivity contribution < 1.29 is 28.9 Å². The van der Waals surface area contributed by atoms with Gasteiger partial charge < -0.3 is 19.3 Å². The molecule has 0 aliphatic heterocycles. The monoisotopic (exact) mass is 366 g/mol. The highest BCUT2D eigenvalue weighted by Gasteiger charge is 2.39. The van der Waals surface area contributed by atoms with Gasteiger partial charge in [-0.2, -0.15) is 0 Å². The molecule has 0 spiro atoms. The van der Waals surface area contributed by atoms with Gasteiger partial charge in [0.25, 0.3) is 0 Å². The number of hydrogen-bond donors (Lipinski definition) is 1. The second-order valence-electron chi connectivity index (χ2n) is 6.94. The van der Waals surface area contributed by atoms with E-state index >= 15 is 0 Å². The van der Waals surface area contributed by atoms with Crippen molar-refractivity contribution in [1.29, 1.82) is 0 Å². The van der Waals surface area contributed by atoms with Gasteiger partial charge >= 0.3 is 11.9 Å². The van der Waals surface area contributed by atoms with Crippen LogP contribution in [0.2, 0.25) is 0 Å². The van der Waals surface area contributed by atoms with E-state index in [9.17, 15) is 14.7 Å². The highest BCUT2D eigenvalue weighted by Crippen LogP contribution is 2.23. The van der Waals surface area contributed by atoms with Crippen LogP contribution in [0.4, 0.5) is 0 Å². The summed E-state index contributed by atoms with van der Waals surface area (Å²) in [6, 6.07) is 7.85. The summed E-state index contributed by atoms with van der Waals surface area (Å²) in [6.07, 6.45) is 0.410. The van der Waals surface area contributed by atoms with E-state index in [1.165, 1.54) is 6.92 Å². The fourth-order valence-electron chi connectivity index (χ4n) is 2.10. The van der Waals surface area contributed by atoms with E-state index in [1.54, 1.807) is 13.8 Å². The van der Waals surface area contributed by atoms with Gasteiger partial charge in [-0.05, 0) is 39.7 Å². The minimum Gasteiger partial charge on any atom is -0.481 e. The molecular weight excluding hydrogens is 336 g/mol. The number of carboxylic acid groups (broad SMARTS) is 1. The zero-order valence-corrected chi connectivity index (χ0v) is 16.3. The molecule has 6 nitrogen and oxygen atoms in total. The Balaban J connectivity index is 2.70. The van der Waals surface area contributed by atoms with Gasteiger partial charge in [-0.15, -0.1) is 0 Å². The molecule has 1 rings (SSSR count). The van der Waals surface area contributed by atoms with Gasteiger partial charge in [-0.3, -0.25) is 4.79 Å². The number of hydrogen-bond acceptors (Lipinski definition) is 5. The van der Waals surface area contributed by atoms with Crippen LogP contribution in [-0.2, 0) is 30.4 Å². The molecule has 1 aromatic carbocycles. The second kappa shape index (κ2) is 9.69. The lowest BCUT2D eigenvalue weighted by Gasteiger charge is -2.29. The molecule has 1 unspecified atom stereocenters. The van der Waals surface area contributed by atoms with Gasteiger partial charge in [0.1, 0.15) is 12.0 Å². The predicted octanol–water partition coefficient (Wildman–Crippen LogP) is 3.35. The molecule has 6 heteroatoms. The quantitative estimate of drug-likeness (QED) is 0.605. The van der Waals surface area contributed by atoms with Crippen LogP contribution >= 0.6 is 0 Å². The van der Waals surface area contributed by atoms with Gasteiger partial charge in [0.2, 0.25) is 0 Å². The number of aliphatic carboxylic acids is 1. The minimum atomic E-state index is -1.29. The number of ether oxygens (including phenoxy) is 3. The van der Waals surface area contributed by atoms with E-state index in [0.29, 0.717) is 13.0 Å². The van der Waals surface area contributed by atoms with Crippen molar-refractivity contribution in [2.45, 2.75) is 53.2 Å². The maximum Gasteiger partial charge on any atom is 0.338 e. The van der Waals surface area contributed by atoms with E-state index in [0.717, 1.165) is 11.1 Å². The lowest BCUT2D eigenvalue weighted by Crippen LogP contribution is -2.44. The predicted molar refractivity (Wildman–Crippen MR) is 97.9 cm³/mol. The van der Waals surface area contributed by atoms with Crippen molar-refractivity contribution in [3.8, 4) is 0 Å². The molecule has 26 heavy (non-hydrogen) atoms. The summed E-state index contributed by atoms with van der Waals surface area (Å²) in [5.41, 5.74) is -0.337. The molecule has 146 valence electrons. The summed E-state index contributed by atoms with van der Waals surface area (Å²) in [4.78, 5) is 24.0. The van der Waals surface area contributed by atoms with Crippen LogP contribution < -0.4 is 0 Å². The normalized spacial score (nSPS) is 15.7. The summed E-state index contributed by atoms with van der Waals surface area (Å²) in [6.45, 7) is 9.12. The summed E-state index contributed by atoms with van der Waals surface area (Å²) < 4.78 is 16.3. The summed E-state index contributed by atoms with van der Waals surface area (Å²) in [5, 5.41) is 9.40. The average Bonchev–Trinajstić information content (AvgIpc) is 2.63. The highest BCUT2D eigenvalue weighted by molar-refractivity contribution is 5.80. The Kier molecular flexibility index (Phi) is 8.24. The molecule has 0 heterocycles. The third-order valence-electron chi connectivity index (χ3n) is 4.45. The number of benzene rings is 1. The fourth-order valence-corrected chi connectivity index (χ4v) is 2.10. The van der Waals surface area contributed by atoms with Crippen molar-refractivity contribution in [3.63, 3.8) is 0 Å². The standard InChI is InChI=1S/C20H30O6/c1-6-20(5,26-12-16-10-8-15(3)9-11-16)18(23)25-14-19(4,17(21)22)13-24-7-2/h8-11H,6-7,12-14H2,1-5H3,(H,21,22)/t19?,20-/m1/s1. The number of carbonyl (C=O) groups is 2. The molecule has 0 fully saturated rings. The van der Waals surface area contributed by atoms with Crippen molar-refractivity contribution >= 4 is 11.9 Å². The first kappa shape index (κ1) is 22.1. The highest BCUT2D eigenvalue weighted by atomic mass is 16.6. The first-order valence-electron chi connectivity index (χ1n) is 8.84. The average molecular weight is 366 g/mol. The van der Waals surface area contributed by atoms with Gasteiger partial charge in [0.15, 0.2) is 5.60 Å². The van der Waals surface area contributed by atoms with Crippen LogP contribution in [0.3, 0.4) is 0 Å². The summed E-state index contributed by atoms with van der Waals surface area (Å²) in [7, 11) is 0. The SMILES string of the molecule is CCOCC(C)(COC(=O)[C@@](C)(CC)OCc1ccc(C)cc1)C(=O)O. The molecular formula is C20H30O6. The summed E-state index contributed by atoms with van der Waals surface area (Å²) >= 11 is 0. The minimum absolute atomic E-state index is 0.0286. The van der Waals surface area contributed by atoms with Crippen LogP contribution in [0.1, 0.15) is 45.2 Å². The van der Waals surface area contributed by atoms with Crippen molar-refractivity contribution in [2.75, 3.05) is 19.8 Å². The number of aryl methyl sites for hydroxylation is 1. The maximum absolute atomic E-state index is 12.5. The van der Waals surface area contributed by atoms with Gasteiger partial charge in [-0.25, -0.2) is 4.79 Å². The molecule has 2 atom stereocenters. The number of carbonyl (C=O) groups excluding carboxylic acids is 1. The van der Waals surface area contributed by atoms with Crippen LogP contribution in [-0.4, -0.2) is 42.5 Å². The fraction of sp³-hybridized carbons (Fsp3) is 0.600. The zero-order valence-electron chi connectivity index (χ0n) is 16.3. The lowest BCUT2D eigenvalue weighted by molar-refractivity contribution is -0.180. The Morgan fingerprint density at radius 3 is 2.19 bits per heavy atom. The molecule has 0 amide bonds. The smallest absolute Gasteiger partial charge is 0.338 e. The van der Waals surface area contributed by atoms with Gasteiger partial charge in [0, 0.05) is 6.61 Å². The second-order valence-corrected chi connectivity index (χ2v) is 6.94. The van der Waals surface area contributed by atoms with Crippen molar-refractivity contribution in [3.05, 3.63) is 35.4 Å². The number of carboxylic acids is 1. The molecule has 0 aliphatic carbocycles. The molecule has 1 N–H and O–H groups in total. The number of esters is 1. The largest absolute Gasteiger partial charge is 0.481 e. The zero-order chi connectivity index (χ0) is 19.8. The van der Waals surface area contributed by atoms with E-state index < -0.39 is 23.0 Å². The first-order valence-corrected chi connectivity index (χ1v) is 8.84. The van der Waals surface area contributed by atoms with E-state index in [4.69, 9.17) is 14.2 Å². The Morgan fingerprint density at radius 2 is 1.69 bits per heavy atom. The Bertz CT molecular complexity index is 597. The molecule has 0 bridgehead atoms. The molecule has 0 aromatic heterocycles. The van der Waals surface area contributed by atoms with Crippen LogP contribution in [0.15, 0.2) is 24.3 Å². The Hall–Kier alpha value is -1.92. The Morgan fingerprint density at radius 1 is 1.08 bits per heavy atom. The van der Waals surface area contributed by atoms with E-state index in [-0.39, 0.29) is 19.8 Å². The van der Waals surface area contributed by atoms with Gasteiger partial charge in [-0.1, -0.05) is 36.8 Å². The lowest BCUT2D eigenvalue weighted by atomic mass is 9.93. The van der Waals surface area contributed by atoms with E-state index in [1.807, 2.05) is 38.1 Å². The molecule has 0 aliphatic rings. The molecule has 0 saturated carbocycles. The number of rotatable bonds is 11. The third kappa shape index (κ3) is 6.11. The summed E-state index contributed by atoms with van der Waals surface area (Å²) in [5.74, 6) is -1.64. The Labute approximate surface area is 155 Å². The maximum atomic E-state index is 12.5. The molecule has 0 radical (unpaired) electrons. The van der Waals surface area contributed by atoms with Crippen LogP contribution in [0, 0.1) is 12.3 Å². The topological polar surface area (TPSA) is 82.1 Å².